The van der Waals surface area contributed by atoms with Gasteiger partial charge in [0.1, 0.15) is 5.15 Å². The molecule has 3 aromatic rings. The van der Waals surface area contributed by atoms with Crippen molar-refractivity contribution in [3.8, 4) is 0 Å². The van der Waals surface area contributed by atoms with Crippen molar-refractivity contribution in [2.45, 2.75) is 18.6 Å². The van der Waals surface area contributed by atoms with E-state index >= 15 is 0 Å². The van der Waals surface area contributed by atoms with Crippen molar-refractivity contribution >= 4 is 34.5 Å². The number of aromatic amines is 1. The molecule has 0 unspecified atom stereocenters. The Morgan fingerprint density at radius 2 is 2.19 bits per heavy atom. The molecule has 1 heterocycles. The molecule has 5 nitrogen and oxygen atoms in total. The Morgan fingerprint density at radius 1 is 1.35 bits per heavy atom. The number of hydrogen-bond acceptors (Lipinski definition) is 3. The zero-order chi connectivity index (χ0) is 18.1. The van der Waals surface area contributed by atoms with Crippen molar-refractivity contribution in [2.75, 3.05) is 7.11 Å². The Bertz CT molecular complexity index is 996. The summed E-state index contributed by atoms with van der Waals surface area (Å²) in [5, 5.41) is 11.3. The lowest BCUT2D eigenvalue weighted by atomic mass is 10.1. The summed E-state index contributed by atoms with van der Waals surface area (Å²) in [6.07, 6.45) is 4.05. The minimum atomic E-state index is -0.158. The Morgan fingerprint density at radius 3 is 3.04 bits per heavy atom. The maximum Gasteiger partial charge on any atom is 0.244 e. The molecule has 1 aliphatic rings. The minimum Gasteiger partial charge on any atom is -0.379 e. The van der Waals surface area contributed by atoms with Crippen molar-refractivity contribution in [1.82, 2.24) is 15.5 Å². The summed E-state index contributed by atoms with van der Waals surface area (Å²) >= 11 is 6.00. The van der Waals surface area contributed by atoms with Crippen LogP contribution in [0.1, 0.15) is 22.7 Å². The number of carbonyl (C=O) groups is 1. The number of methoxy groups -OCH3 is 1. The molecule has 0 spiro atoms. The van der Waals surface area contributed by atoms with Crippen LogP contribution in [-0.4, -0.2) is 29.3 Å². The monoisotopic (exact) mass is 367 g/mol. The third kappa shape index (κ3) is 3.11. The summed E-state index contributed by atoms with van der Waals surface area (Å²) in [6, 6.07) is 13.6. The predicted molar refractivity (Wildman–Crippen MR) is 102 cm³/mol. The number of hydrogen-bond donors (Lipinski definition) is 2. The first-order valence-corrected chi connectivity index (χ1v) is 8.76. The number of H-pyrrole nitrogens is 1. The minimum absolute atomic E-state index is 0.0488. The van der Waals surface area contributed by atoms with Gasteiger partial charge < -0.3 is 10.1 Å². The summed E-state index contributed by atoms with van der Waals surface area (Å²) in [5.74, 6) is -0.158. The van der Waals surface area contributed by atoms with Gasteiger partial charge in [0.25, 0.3) is 0 Å². The Balaban J connectivity index is 1.49. The van der Waals surface area contributed by atoms with Crippen LogP contribution in [0.15, 0.2) is 48.5 Å². The third-order valence-electron chi connectivity index (χ3n) is 4.74. The number of fused-ring (bicyclic) bond motifs is 2. The van der Waals surface area contributed by atoms with E-state index in [1.165, 1.54) is 11.6 Å². The summed E-state index contributed by atoms with van der Waals surface area (Å²) < 4.78 is 5.56. The molecule has 4 rings (SSSR count). The molecule has 132 valence electrons. The molecule has 0 saturated carbocycles. The smallest absolute Gasteiger partial charge is 0.244 e. The van der Waals surface area contributed by atoms with Gasteiger partial charge >= 0.3 is 0 Å². The van der Waals surface area contributed by atoms with Crippen molar-refractivity contribution < 1.29 is 9.53 Å². The van der Waals surface area contributed by atoms with Gasteiger partial charge in [-0.05, 0) is 34.9 Å². The number of halogens is 1. The molecule has 0 saturated heterocycles. The topological polar surface area (TPSA) is 67.0 Å². The Hall–Kier alpha value is -2.63. The maximum absolute atomic E-state index is 12.4. The molecule has 2 N–H and O–H groups in total. The quantitative estimate of drug-likeness (QED) is 0.691. The molecule has 0 aliphatic heterocycles. The van der Waals surface area contributed by atoms with Crippen LogP contribution in [0.2, 0.25) is 5.15 Å². The van der Waals surface area contributed by atoms with Crippen LogP contribution >= 0.6 is 11.6 Å². The third-order valence-corrected chi connectivity index (χ3v) is 5.03. The standard InChI is InChI=1S/C20H18ClN3O2/c1-26-17-11-13-4-2-3-5-14(13)19(17)22-18(25)9-7-12-6-8-15-16(10-12)23-24-20(15)21/h2-10,17,19H,11H2,1H3,(H,22,25)(H,23,24)/b9-7+/t17-,19-/m0/s1. The second-order valence-corrected chi connectivity index (χ2v) is 6.69. The molecule has 2 aromatic carbocycles. The molecule has 0 fully saturated rings. The average Bonchev–Trinajstić information content (AvgIpc) is 3.20. The summed E-state index contributed by atoms with van der Waals surface area (Å²) in [6.45, 7) is 0. The lowest BCUT2D eigenvalue weighted by Gasteiger charge is -2.19. The van der Waals surface area contributed by atoms with Crippen molar-refractivity contribution in [3.05, 3.63) is 70.4 Å². The van der Waals surface area contributed by atoms with Crippen LogP contribution in [0.4, 0.5) is 0 Å². The van der Waals surface area contributed by atoms with Gasteiger partial charge in [-0.25, -0.2) is 0 Å². The van der Waals surface area contributed by atoms with Gasteiger partial charge in [0, 0.05) is 25.0 Å². The molecular weight excluding hydrogens is 350 g/mol. The van der Waals surface area contributed by atoms with E-state index in [1.807, 2.05) is 36.4 Å². The molecule has 0 bridgehead atoms. The highest BCUT2D eigenvalue weighted by Gasteiger charge is 2.32. The van der Waals surface area contributed by atoms with E-state index in [9.17, 15) is 4.79 Å². The van der Waals surface area contributed by atoms with Crippen LogP contribution in [0.25, 0.3) is 17.0 Å². The first-order valence-electron chi connectivity index (χ1n) is 8.38. The Labute approximate surface area is 156 Å². The lowest BCUT2D eigenvalue weighted by Crippen LogP contribution is -2.33. The van der Waals surface area contributed by atoms with Gasteiger partial charge in [-0.15, -0.1) is 0 Å². The van der Waals surface area contributed by atoms with E-state index < -0.39 is 0 Å². The number of amides is 1. The summed E-state index contributed by atoms with van der Waals surface area (Å²) in [4.78, 5) is 12.4. The summed E-state index contributed by atoms with van der Waals surface area (Å²) in [7, 11) is 1.68. The number of aromatic nitrogens is 2. The van der Waals surface area contributed by atoms with Gasteiger partial charge in [0.15, 0.2) is 0 Å². The highest BCUT2D eigenvalue weighted by molar-refractivity contribution is 6.34. The second kappa shape index (κ2) is 6.94. The van der Waals surface area contributed by atoms with Gasteiger partial charge in [-0.3, -0.25) is 9.89 Å². The predicted octanol–water partition coefficient (Wildman–Crippen LogP) is 3.66. The van der Waals surface area contributed by atoms with E-state index in [1.54, 1.807) is 13.2 Å². The summed E-state index contributed by atoms with van der Waals surface area (Å²) in [5.41, 5.74) is 3.98. The maximum atomic E-state index is 12.4. The fraction of sp³-hybridized carbons (Fsp3) is 0.200. The number of rotatable bonds is 4. The number of nitrogens with zero attached hydrogens (tertiary/aromatic N) is 1. The SMILES string of the molecule is CO[C@H]1Cc2ccccc2[C@@H]1NC(=O)/C=C/c1ccc2c(Cl)[nH]nc2c1. The first kappa shape index (κ1) is 16.8. The van der Waals surface area contributed by atoms with E-state index in [2.05, 4.69) is 21.6 Å². The lowest BCUT2D eigenvalue weighted by molar-refractivity contribution is -0.118. The van der Waals surface area contributed by atoms with Crippen LogP contribution < -0.4 is 5.32 Å². The highest BCUT2D eigenvalue weighted by atomic mass is 35.5. The fourth-order valence-corrected chi connectivity index (χ4v) is 3.62. The normalized spacial score (nSPS) is 19.2. The molecular formula is C20H18ClN3O2. The molecule has 1 aromatic heterocycles. The first-order chi connectivity index (χ1) is 12.7. The van der Waals surface area contributed by atoms with Crippen LogP contribution in [0.5, 0.6) is 0 Å². The molecule has 1 aliphatic carbocycles. The van der Waals surface area contributed by atoms with Crippen molar-refractivity contribution in [3.63, 3.8) is 0 Å². The Kier molecular flexibility index (Phi) is 4.49. The highest BCUT2D eigenvalue weighted by Crippen LogP contribution is 2.32. The number of nitrogens with one attached hydrogen (secondary N) is 2. The molecule has 1 amide bonds. The van der Waals surface area contributed by atoms with Crippen molar-refractivity contribution in [2.24, 2.45) is 0 Å². The van der Waals surface area contributed by atoms with E-state index in [0.29, 0.717) is 5.15 Å². The number of ether oxygens (including phenoxy) is 1. The zero-order valence-corrected chi connectivity index (χ0v) is 15.0. The fourth-order valence-electron chi connectivity index (χ4n) is 3.42. The number of carbonyl (C=O) groups excluding carboxylic acids is 1. The van der Waals surface area contributed by atoms with Crippen LogP contribution in [0, 0.1) is 0 Å². The van der Waals surface area contributed by atoms with Gasteiger partial charge in [-0.1, -0.05) is 41.9 Å². The van der Waals surface area contributed by atoms with Gasteiger partial charge in [-0.2, -0.15) is 5.10 Å². The van der Waals surface area contributed by atoms with Gasteiger partial charge in [0.05, 0.1) is 17.7 Å². The van der Waals surface area contributed by atoms with E-state index in [4.69, 9.17) is 16.3 Å². The van der Waals surface area contributed by atoms with E-state index in [-0.39, 0.29) is 18.1 Å². The average molecular weight is 368 g/mol. The van der Waals surface area contributed by atoms with Gasteiger partial charge in [0.2, 0.25) is 5.91 Å². The molecule has 2 atom stereocenters. The molecule has 26 heavy (non-hydrogen) atoms. The van der Waals surface area contributed by atoms with Crippen LogP contribution in [-0.2, 0) is 16.0 Å². The number of benzene rings is 2. The largest absolute Gasteiger partial charge is 0.379 e. The molecule has 6 heteroatoms. The van der Waals surface area contributed by atoms with E-state index in [0.717, 1.165) is 28.5 Å². The molecule has 0 radical (unpaired) electrons. The van der Waals surface area contributed by atoms with Crippen molar-refractivity contribution in [1.29, 1.82) is 0 Å². The zero-order valence-electron chi connectivity index (χ0n) is 14.2. The van der Waals surface area contributed by atoms with Crippen LogP contribution in [0.3, 0.4) is 0 Å². The second-order valence-electron chi connectivity index (χ2n) is 6.31.